The van der Waals surface area contributed by atoms with Gasteiger partial charge in [0.05, 0.1) is 11.3 Å². The van der Waals surface area contributed by atoms with E-state index >= 15 is 0 Å². The molecule has 122 valence electrons. The van der Waals surface area contributed by atoms with Crippen molar-refractivity contribution < 1.29 is 9.18 Å². The number of carbonyl (C=O) groups excluding carboxylic acids is 1. The van der Waals surface area contributed by atoms with Crippen LogP contribution in [0.2, 0.25) is 0 Å². The van der Waals surface area contributed by atoms with Gasteiger partial charge in [0.1, 0.15) is 10.8 Å². The van der Waals surface area contributed by atoms with E-state index in [0.29, 0.717) is 18.5 Å². The quantitative estimate of drug-likeness (QED) is 0.670. The first-order valence-corrected chi connectivity index (χ1v) is 9.04. The molecule has 0 aliphatic rings. The molecule has 0 atom stereocenters. The second-order valence-electron chi connectivity index (χ2n) is 5.14. The van der Waals surface area contributed by atoms with Crippen LogP contribution in [0.3, 0.4) is 0 Å². The molecule has 3 nitrogen and oxygen atoms in total. The molecule has 0 fully saturated rings. The Bertz CT molecular complexity index is 848. The highest BCUT2D eigenvalue weighted by Crippen LogP contribution is 2.24. The molecule has 0 radical (unpaired) electrons. The van der Waals surface area contributed by atoms with Crippen molar-refractivity contribution in [1.29, 1.82) is 0 Å². The maximum absolute atomic E-state index is 13.0. The first-order valence-electron chi connectivity index (χ1n) is 7.36. The lowest BCUT2D eigenvalue weighted by atomic mass is 10.2. The summed E-state index contributed by atoms with van der Waals surface area (Å²) in [6.07, 6.45) is 0.647. The van der Waals surface area contributed by atoms with Crippen molar-refractivity contribution in [2.24, 2.45) is 0 Å². The molecular formula is C18H14BrFN2OS. The molecule has 0 unspecified atom stereocenters. The average molecular weight is 405 g/mol. The second kappa shape index (κ2) is 7.68. The van der Waals surface area contributed by atoms with Gasteiger partial charge in [-0.1, -0.05) is 12.1 Å². The molecule has 3 rings (SSSR count). The number of rotatable bonds is 5. The summed E-state index contributed by atoms with van der Waals surface area (Å²) in [5.74, 6) is -0.373. The van der Waals surface area contributed by atoms with Gasteiger partial charge in [-0.3, -0.25) is 4.79 Å². The van der Waals surface area contributed by atoms with Crippen molar-refractivity contribution in [3.05, 3.63) is 75.5 Å². The zero-order valence-corrected chi connectivity index (χ0v) is 15.0. The molecule has 1 heterocycles. The largest absolute Gasteiger partial charge is 0.352 e. The van der Waals surface area contributed by atoms with Gasteiger partial charge < -0.3 is 5.32 Å². The summed E-state index contributed by atoms with van der Waals surface area (Å²) in [6, 6.07) is 13.6. The van der Waals surface area contributed by atoms with Crippen LogP contribution in [0, 0.1) is 5.82 Å². The van der Waals surface area contributed by atoms with Crippen molar-refractivity contribution >= 4 is 33.2 Å². The average Bonchev–Trinajstić information content (AvgIpc) is 3.04. The van der Waals surface area contributed by atoms with Crippen LogP contribution < -0.4 is 5.32 Å². The molecule has 2 aromatic carbocycles. The van der Waals surface area contributed by atoms with Crippen LogP contribution in [0.5, 0.6) is 0 Å². The summed E-state index contributed by atoms with van der Waals surface area (Å²) < 4.78 is 13.7. The Balaban J connectivity index is 1.57. The number of halogens is 2. The number of benzene rings is 2. The number of hydrogen-bond acceptors (Lipinski definition) is 3. The van der Waals surface area contributed by atoms with Gasteiger partial charge in [0.25, 0.3) is 5.91 Å². The Morgan fingerprint density at radius 2 is 1.92 bits per heavy atom. The Morgan fingerprint density at radius 1 is 1.17 bits per heavy atom. The van der Waals surface area contributed by atoms with Crippen LogP contribution in [-0.4, -0.2) is 17.4 Å². The monoisotopic (exact) mass is 404 g/mol. The minimum atomic E-state index is -0.259. The standard InChI is InChI=1S/C18H14BrFN2OS/c19-16-4-2-1-3-15(16)17(23)21-10-9-14-11-24-18(22-14)12-5-7-13(20)8-6-12/h1-8,11H,9-10H2,(H,21,23). The minimum absolute atomic E-state index is 0.114. The fourth-order valence-corrected chi connectivity index (χ4v) is 3.52. The lowest BCUT2D eigenvalue weighted by Crippen LogP contribution is -2.26. The lowest BCUT2D eigenvalue weighted by molar-refractivity contribution is 0.0953. The highest BCUT2D eigenvalue weighted by molar-refractivity contribution is 9.10. The molecule has 0 spiro atoms. The predicted molar refractivity (Wildman–Crippen MR) is 97.7 cm³/mol. The maximum Gasteiger partial charge on any atom is 0.252 e. The molecule has 1 aromatic heterocycles. The van der Waals surface area contributed by atoms with Crippen LogP contribution in [0.4, 0.5) is 4.39 Å². The van der Waals surface area contributed by atoms with E-state index in [-0.39, 0.29) is 11.7 Å². The number of nitrogens with zero attached hydrogens (tertiary/aromatic N) is 1. The fraction of sp³-hybridized carbons (Fsp3) is 0.111. The first-order chi connectivity index (χ1) is 11.6. The Morgan fingerprint density at radius 3 is 2.67 bits per heavy atom. The summed E-state index contributed by atoms with van der Waals surface area (Å²) in [5, 5.41) is 5.70. The van der Waals surface area contributed by atoms with Crippen LogP contribution in [-0.2, 0) is 6.42 Å². The molecule has 0 saturated carbocycles. The van der Waals surface area contributed by atoms with Gasteiger partial charge >= 0.3 is 0 Å². The first kappa shape index (κ1) is 16.8. The number of amides is 1. The van der Waals surface area contributed by atoms with E-state index in [0.717, 1.165) is 20.7 Å². The van der Waals surface area contributed by atoms with Gasteiger partial charge in [-0.25, -0.2) is 9.37 Å². The van der Waals surface area contributed by atoms with E-state index in [9.17, 15) is 9.18 Å². The third-order valence-electron chi connectivity index (χ3n) is 3.43. The molecule has 3 aromatic rings. The number of carbonyl (C=O) groups is 1. The van der Waals surface area contributed by atoms with E-state index in [1.54, 1.807) is 18.2 Å². The molecule has 6 heteroatoms. The number of aromatic nitrogens is 1. The summed E-state index contributed by atoms with van der Waals surface area (Å²) in [7, 11) is 0. The predicted octanol–water partition coefficient (Wildman–Crippen LogP) is 4.68. The van der Waals surface area contributed by atoms with Crippen LogP contribution in [0.1, 0.15) is 16.1 Å². The molecule has 1 amide bonds. The molecule has 0 bridgehead atoms. The Labute approximate surface area is 151 Å². The van der Waals surface area contributed by atoms with Gasteiger partial charge in [-0.05, 0) is 52.3 Å². The molecular weight excluding hydrogens is 391 g/mol. The van der Waals surface area contributed by atoms with Crippen LogP contribution in [0.15, 0.2) is 58.4 Å². The van der Waals surface area contributed by atoms with Gasteiger partial charge in [0.15, 0.2) is 0 Å². The summed E-state index contributed by atoms with van der Waals surface area (Å²) >= 11 is 4.88. The topological polar surface area (TPSA) is 42.0 Å². The minimum Gasteiger partial charge on any atom is -0.352 e. The Hall–Kier alpha value is -2.05. The van der Waals surface area contributed by atoms with E-state index < -0.39 is 0 Å². The zero-order valence-electron chi connectivity index (χ0n) is 12.6. The van der Waals surface area contributed by atoms with Crippen molar-refractivity contribution in [3.63, 3.8) is 0 Å². The number of nitrogens with one attached hydrogen (secondary N) is 1. The van der Waals surface area contributed by atoms with Gasteiger partial charge in [0.2, 0.25) is 0 Å². The zero-order chi connectivity index (χ0) is 16.9. The lowest BCUT2D eigenvalue weighted by Gasteiger charge is -2.05. The number of hydrogen-bond donors (Lipinski definition) is 1. The van der Waals surface area contributed by atoms with Crippen molar-refractivity contribution in [1.82, 2.24) is 10.3 Å². The van der Waals surface area contributed by atoms with Crippen molar-refractivity contribution in [2.45, 2.75) is 6.42 Å². The summed E-state index contributed by atoms with van der Waals surface area (Å²) in [4.78, 5) is 16.7. The highest BCUT2D eigenvalue weighted by atomic mass is 79.9. The van der Waals surface area contributed by atoms with E-state index in [2.05, 4.69) is 26.2 Å². The highest BCUT2D eigenvalue weighted by Gasteiger charge is 2.09. The number of thiazole rings is 1. The van der Waals surface area contributed by atoms with Crippen LogP contribution in [0.25, 0.3) is 10.6 Å². The summed E-state index contributed by atoms with van der Waals surface area (Å²) in [5.41, 5.74) is 2.42. The normalized spacial score (nSPS) is 10.6. The Kier molecular flexibility index (Phi) is 5.37. The SMILES string of the molecule is O=C(NCCc1csc(-c2ccc(F)cc2)n1)c1ccccc1Br. The molecule has 1 N–H and O–H groups in total. The summed E-state index contributed by atoms with van der Waals surface area (Å²) in [6.45, 7) is 0.507. The van der Waals surface area contributed by atoms with E-state index in [1.165, 1.54) is 23.5 Å². The maximum atomic E-state index is 13.0. The third kappa shape index (κ3) is 4.07. The molecule has 0 aliphatic heterocycles. The smallest absolute Gasteiger partial charge is 0.252 e. The van der Waals surface area contributed by atoms with E-state index in [1.807, 2.05) is 23.6 Å². The molecule has 0 aliphatic carbocycles. The molecule has 24 heavy (non-hydrogen) atoms. The fourth-order valence-electron chi connectivity index (χ4n) is 2.19. The van der Waals surface area contributed by atoms with Crippen molar-refractivity contribution in [2.75, 3.05) is 6.54 Å². The van der Waals surface area contributed by atoms with Crippen LogP contribution >= 0.6 is 27.3 Å². The van der Waals surface area contributed by atoms with Crippen molar-refractivity contribution in [3.8, 4) is 10.6 Å². The van der Waals surface area contributed by atoms with Gasteiger partial charge in [-0.2, -0.15) is 0 Å². The third-order valence-corrected chi connectivity index (χ3v) is 5.06. The molecule has 0 saturated heterocycles. The van der Waals surface area contributed by atoms with Gasteiger partial charge in [-0.15, -0.1) is 11.3 Å². The van der Waals surface area contributed by atoms with Gasteiger partial charge in [0, 0.05) is 28.4 Å². The van der Waals surface area contributed by atoms with E-state index in [4.69, 9.17) is 0 Å². The second-order valence-corrected chi connectivity index (χ2v) is 6.85.